The van der Waals surface area contributed by atoms with Gasteiger partial charge in [0.25, 0.3) is 5.91 Å². The number of carbonyl (C=O) groups is 4. The van der Waals surface area contributed by atoms with Crippen molar-refractivity contribution in [2.75, 3.05) is 17.2 Å². The van der Waals surface area contributed by atoms with E-state index >= 15 is 0 Å². The molecule has 152 valence electrons. The van der Waals surface area contributed by atoms with Crippen LogP contribution in [0.1, 0.15) is 30.1 Å². The summed E-state index contributed by atoms with van der Waals surface area (Å²) in [6.07, 6.45) is -0.308. The number of anilines is 2. The van der Waals surface area contributed by atoms with E-state index in [1.54, 1.807) is 42.5 Å². The Morgan fingerprint density at radius 2 is 1.59 bits per heavy atom. The Bertz CT molecular complexity index is 929. The summed E-state index contributed by atoms with van der Waals surface area (Å²) in [5.41, 5.74) is 1.34. The monoisotopic (exact) mass is 436 g/mol. The number of amides is 2. The summed E-state index contributed by atoms with van der Waals surface area (Å²) in [4.78, 5) is 46.7. The van der Waals surface area contributed by atoms with Crippen LogP contribution < -0.4 is 10.6 Å². The molecule has 0 saturated carbocycles. The number of hydrogen-bond donors (Lipinski definition) is 2. The number of nitrogens with one attached hydrogen (secondary N) is 2. The molecule has 0 atom stereocenters. The van der Waals surface area contributed by atoms with E-state index in [0.717, 1.165) is 0 Å². The molecule has 0 unspecified atom stereocenters. The van der Waals surface area contributed by atoms with E-state index in [1.807, 2.05) is 0 Å². The van der Waals surface area contributed by atoms with Crippen molar-refractivity contribution < 1.29 is 23.9 Å². The van der Waals surface area contributed by atoms with Crippen molar-refractivity contribution in [3.05, 3.63) is 58.1 Å². The van der Waals surface area contributed by atoms with Gasteiger partial charge >= 0.3 is 5.97 Å². The molecule has 0 aliphatic heterocycles. The second kappa shape index (κ2) is 10.6. The highest BCUT2D eigenvalue weighted by molar-refractivity contribution is 6.44. The minimum atomic E-state index is -0.695. The van der Waals surface area contributed by atoms with Crippen molar-refractivity contribution in [3.63, 3.8) is 0 Å². The first-order chi connectivity index (χ1) is 13.8. The highest BCUT2D eigenvalue weighted by Gasteiger charge is 2.13. The summed E-state index contributed by atoms with van der Waals surface area (Å²) in [5, 5.41) is 5.55. The van der Waals surface area contributed by atoms with E-state index in [4.69, 9.17) is 27.9 Å². The molecule has 0 radical (unpaired) electrons. The van der Waals surface area contributed by atoms with E-state index in [0.29, 0.717) is 16.9 Å². The fraction of sp³-hybridized carbons (Fsp3) is 0.200. The molecule has 2 aromatic rings. The summed E-state index contributed by atoms with van der Waals surface area (Å²) in [6.45, 7) is 0.929. The molecule has 0 aromatic heterocycles. The highest BCUT2D eigenvalue weighted by atomic mass is 35.5. The van der Waals surface area contributed by atoms with Crippen LogP contribution in [-0.2, 0) is 19.1 Å². The quantitative estimate of drug-likeness (QED) is 0.479. The fourth-order valence-corrected chi connectivity index (χ4v) is 2.58. The molecule has 2 rings (SSSR count). The average Bonchev–Trinajstić information content (AvgIpc) is 2.68. The van der Waals surface area contributed by atoms with E-state index in [2.05, 4.69) is 10.6 Å². The maximum absolute atomic E-state index is 11.9. The zero-order valence-corrected chi connectivity index (χ0v) is 17.0. The van der Waals surface area contributed by atoms with Gasteiger partial charge in [0.2, 0.25) is 5.91 Å². The van der Waals surface area contributed by atoms with Crippen molar-refractivity contribution >= 4 is 58.1 Å². The zero-order chi connectivity index (χ0) is 21.4. The maximum atomic E-state index is 11.9. The van der Waals surface area contributed by atoms with Gasteiger partial charge in [-0.3, -0.25) is 19.2 Å². The molecule has 0 spiro atoms. The standard InChI is InChI=1S/C20H18Cl2N2O5/c1-12(25)13-5-7-14(8-6-13)23-17(26)9-10-19(28)29-11-18(27)24-16-4-2-3-15(21)20(16)22/h2-8H,9-11H2,1H3,(H,23,26)(H,24,27). The predicted molar refractivity (Wildman–Crippen MR) is 110 cm³/mol. The van der Waals surface area contributed by atoms with Crippen LogP contribution in [0.4, 0.5) is 11.4 Å². The van der Waals surface area contributed by atoms with Crippen LogP contribution in [0.2, 0.25) is 10.0 Å². The Morgan fingerprint density at radius 1 is 0.897 bits per heavy atom. The van der Waals surface area contributed by atoms with Gasteiger partial charge < -0.3 is 15.4 Å². The lowest BCUT2D eigenvalue weighted by Gasteiger charge is -2.09. The van der Waals surface area contributed by atoms with E-state index in [9.17, 15) is 19.2 Å². The summed E-state index contributed by atoms with van der Waals surface area (Å²) in [5.74, 6) is -1.75. The molecule has 2 N–H and O–H groups in total. The van der Waals surface area contributed by atoms with E-state index in [-0.39, 0.29) is 28.7 Å². The van der Waals surface area contributed by atoms with Crippen LogP contribution in [0.3, 0.4) is 0 Å². The van der Waals surface area contributed by atoms with Gasteiger partial charge in [-0.15, -0.1) is 0 Å². The molecule has 9 heteroatoms. The summed E-state index contributed by atoms with van der Waals surface area (Å²) >= 11 is 11.8. The highest BCUT2D eigenvalue weighted by Crippen LogP contribution is 2.29. The predicted octanol–water partition coefficient (Wildman–Crippen LogP) is 4.10. The Hall–Kier alpha value is -2.90. The third-order valence-corrected chi connectivity index (χ3v) is 4.54. The summed E-state index contributed by atoms with van der Waals surface area (Å²) < 4.78 is 4.84. The average molecular weight is 437 g/mol. The second-order valence-electron chi connectivity index (χ2n) is 5.99. The van der Waals surface area contributed by atoms with Gasteiger partial charge in [-0.25, -0.2) is 0 Å². The first-order valence-corrected chi connectivity index (χ1v) is 9.32. The Kier molecular flexibility index (Phi) is 8.18. The van der Waals surface area contributed by atoms with Gasteiger partial charge in [0.05, 0.1) is 22.2 Å². The van der Waals surface area contributed by atoms with Gasteiger partial charge in [0.1, 0.15) is 0 Å². The minimum absolute atomic E-state index is 0.0766. The van der Waals surface area contributed by atoms with Crippen LogP contribution in [0.15, 0.2) is 42.5 Å². The Labute approximate surface area is 177 Å². The number of ketones is 1. The number of ether oxygens (including phenoxy) is 1. The van der Waals surface area contributed by atoms with Crippen molar-refractivity contribution in [1.82, 2.24) is 0 Å². The molecular weight excluding hydrogens is 419 g/mol. The number of halogens is 2. The maximum Gasteiger partial charge on any atom is 0.306 e. The van der Waals surface area contributed by atoms with Gasteiger partial charge in [-0.2, -0.15) is 0 Å². The molecule has 7 nitrogen and oxygen atoms in total. The lowest BCUT2D eigenvalue weighted by atomic mass is 10.1. The van der Waals surface area contributed by atoms with E-state index in [1.165, 1.54) is 6.92 Å². The number of hydrogen-bond acceptors (Lipinski definition) is 5. The van der Waals surface area contributed by atoms with Gasteiger partial charge in [-0.05, 0) is 43.3 Å². The third kappa shape index (κ3) is 7.21. The van der Waals surface area contributed by atoms with Gasteiger partial charge in [-0.1, -0.05) is 29.3 Å². The van der Waals surface area contributed by atoms with Gasteiger partial charge in [0.15, 0.2) is 12.4 Å². The molecule has 2 amide bonds. The van der Waals surface area contributed by atoms with Crippen molar-refractivity contribution in [1.29, 1.82) is 0 Å². The number of rotatable bonds is 8. The number of carbonyl (C=O) groups excluding carboxylic acids is 4. The number of esters is 1. The largest absolute Gasteiger partial charge is 0.456 e. The van der Waals surface area contributed by atoms with E-state index < -0.39 is 24.4 Å². The topological polar surface area (TPSA) is 102 Å². The molecule has 0 heterocycles. The van der Waals surface area contributed by atoms with Crippen LogP contribution in [0.5, 0.6) is 0 Å². The lowest BCUT2D eigenvalue weighted by Crippen LogP contribution is -2.22. The normalized spacial score (nSPS) is 10.2. The number of benzene rings is 2. The van der Waals surface area contributed by atoms with Crippen molar-refractivity contribution in [3.8, 4) is 0 Å². The first-order valence-electron chi connectivity index (χ1n) is 8.56. The first kappa shape index (κ1) is 22.4. The summed E-state index contributed by atoms with van der Waals surface area (Å²) in [7, 11) is 0. The van der Waals surface area contributed by atoms with Gasteiger partial charge in [0, 0.05) is 17.7 Å². The Balaban J connectivity index is 1.72. The van der Waals surface area contributed by atoms with Crippen LogP contribution in [0.25, 0.3) is 0 Å². The molecule has 0 aliphatic rings. The van der Waals surface area contributed by atoms with Crippen LogP contribution in [0, 0.1) is 0 Å². The molecule has 29 heavy (non-hydrogen) atoms. The Morgan fingerprint density at radius 3 is 2.24 bits per heavy atom. The molecule has 0 fully saturated rings. The van der Waals surface area contributed by atoms with Crippen LogP contribution in [-0.4, -0.2) is 30.2 Å². The molecule has 0 bridgehead atoms. The number of Topliss-reactive ketones (excluding diaryl/α,β-unsaturated/α-hetero) is 1. The van der Waals surface area contributed by atoms with Crippen molar-refractivity contribution in [2.24, 2.45) is 0 Å². The smallest absolute Gasteiger partial charge is 0.306 e. The molecule has 2 aromatic carbocycles. The third-order valence-electron chi connectivity index (χ3n) is 3.72. The molecular formula is C20H18Cl2N2O5. The van der Waals surface area contributed by atoms with Crippen LogP contribution >= 0.6 is 23.2 Å². The molecule has 0 saturated heterocycles. The fourth-order valence-electron chi connectivity index (χ4n) is 2.23. The second-order valence-corrected chi connectivity index (χ2v) is 6.78. The van der Waals surface area contributed by atoms with Crippen molar-refractivity contribution in [2.45, 2.75) is 19.8 Å². The summed E-state index contributed by atoms with van der Waals surface area (Å²) in [6, 6.07) is 11.1. The zero-order valence-electron chi connectivity index (χ0n) is 15.5. The minimum Gasteiger partial charge on any atom is -0.456 e. The SMILES string of the molecule is CC(=O)c1ccc(NC(=O)CCC(=O)OCC(=O)Nc2cccc(Cl)c2Cl)cc1. The lowest BCUT2D eigenvalue weighted by molar-refractivity contribution is -0.147. The molecule has 0 aliphatic carbocycles.